The quantitative estimate of drug-likeness (QED) is 0.783. The zero-order valence-corrected chi connectivity index (χ0v) is 10.9. The van der Waals surface area contributed by atoms with Crippen molar-refractivity contribution in [3.63, 3.8) is 0 Å². The van der Waals surface area contributed by atoms with Crippen LogP contribution in [-0.4, -0.2) is 32.7 Å². The van der Waals surface area contributed by atoms with Gasteiger partial charge >= 0.3 is 0 Å². The van der Waals surface area contributed by atoms with Gasteiger partial charge in [-0.3, -0.25) is 4.79 Å². The molecule has 6 heteroatoms. The number of carbonyl (C=O) groups excluding carboxylic acids is 1. The van der Waals surface area contributed by atoms with Crippen molar-refractivity contribution in [2.45, 2.75) is 0 Å². The lowest BCUT2D eigenvalue weighted by Gasteiger charge is -2.09. The van der Waals surface area contributed by atoms with E-state index in [4.69, 9.17) is 27.9 Å². The molecule has 4 nitrogen and oxygen atoms in total. The molecule has 0 unspecified atom stereocenters. The highest BCUT2D eigenvalue weighted by atomic mass is 35.5. The first-order valence-electron chi connectivity index (χ1n) is 5.08. The summed E-state index contributed by atoms with van der Waals surface area (Å²) in [4.78, 5) is 11.4. The van der Waals surface area contributed by atoms with E-state index in [-0.39, 0.29) is 12.5 Å². The maximum atomic E-state index is 11.4. The number of halogens is 2. The second-order valence-electron chi connectivity index (χ2n) is 3.30. The van der Waals surface area contributed by atoms with Crippen LogP contribution in [0.3, 0.4) is 0 Å². The van der Waals surface area contributed by atoms with Gasteiger partial charge in [0, 0.05) is 13.7 Å². The van der Waals surface area contributed by atoms with Crippen molar-refractivity contribution in [2.75, 3.05) is 32.1 Å². The van der Waals surface area contributed by atoms with E-state index in [0.29, 0.717) is 28.9 Å². The lowest BCUT2D eigenvalue weighted by atomic mass is 10.3. The molecule has 94 valence electrons. The highest BCUT2D eigenvalue weighted by Crippen LogP contribution is 2.29. The van der Waals surface area contributed by atoms with Crippen LogP contribution < -0.4 is 10.6 Å². The maximum Gasteiger partial charge on any atom is 0.239 e. The van der Waals surface area contributed by atoms with Gasteiger partial charge < -0.3 is 15.4 Å². The Bertz CT molecular complexity index is 386. The third-order valence-electron chi connectivity index (χ3n) is 2.02. The fourth-order valence-electron chi connectivity index (χ4n) is 1.17. The first-order chi connectivity index (χ1) is 8.15. The fourth-order valence-corrected chi connectivity index (χ4v) is 1.54. The zero-order chi connectivity index (χ0) is 12.7. The molecule has 0 bridgehead atoms. The number of amides is 1. The third kappa shape index (κ3) is 4.81. The van der Waals surface area contributed by atoms with E-state index in [1.54, 1.807) is 25.3 Å². The molecular weight excluding hydrogens is 263 g/mol. The number of carbonyl (C=O) groups is 1. The Morgan fingerprint density at radius 3 is 2.88 bits per heavy atom. The number of anilines is 1. The summed E-state index contributed by atoms with van der Waals surface area (Å²) >= 11 is 11.8. The minimum absolute atomic E-state index is 0.127. The molecule has 0 heterocycles. The van der Waals surface area contributed by atoms with Crippen LogP contribution in [-0.2, 0) is 9.53 Å². The van der Waals surface area contributed by atoms with Gasteiger partial charge in [-0.15, -0.1) is 0 Å². The summed E-state index contributed by atoms with van der Waals surface area (Å²) in [5, 5.41) is 6.47. The summed E-state index contributed by atoms with van der Waals surface area (Å²) < 4.78 is 4.82. The Kier molecular flexibility index (Phi) is 6.11. The van der Waals surface area contributed by atoms with Gasteiger partial charge in [0.05, 0.1) is 28.9 Å². The molecule has 1 aromatic rings. The van der Waals surface area contributed by atoms with Gasteiger partial charge in [0.1, 0.15) is 0 Å². The Labute approximate surface area is 110 Å². The van der Waals surface area contributed by atoms with Crippen LogP contribution in [0.4, 0.5) is 5.69 Å². The highest BCUT2D eigenvalue weighted by Gasteiger charge is 2.05. The second-order valence-corrected chi connectivity index (χ2v) is 4.08. The van der Waals surface area contributed by atoms with Crippen molar-refractivity contribution >= 4 is 34.8 Å². The SMILES string of the molecule is COCCNC(=O)CNc1cccc(Cl)c1Cl. The van der Waals surface area contributed by atoms with Gasteiger partial charge in [0.2, 0.25) is 5.91 Å². The van der Waals surface area contributed by atoms with E-state index in [9.17, 15) is 4.79 Å². The minimum atomic E-state index is -0.127. The van der Waals surface area contributed by atoms with Gasteiger partial charge in [-0.25, -0.2) is 0 Å². The van der Waals surface area contributed by atoms with Crippen molar-refractivity contribution in [3.05, 3.63) is 28.2 Å². The summed E-state index contributed by atoms with van der Waals surface area (Å²) in [7, 11) is 1.58. The molecule has 2 N–H and O–H groups in total. The topological polar surface area (TPSA) is 50.4 Å². The average Bonchev–Trinajstić information content (AvgIpc) is 2.31. The third-order valence-corrected chi connectivity index (χ3v) is 2.84. The Hall–Kier alpha value is -0.970. The van der Waals surface area contributed by atoms with Crippen LogP contribution in [0.5, 0.6) is 0 Å². The number of ether oxygens (including phenoxy) is 1. The second kappa shape index (κ2) is 7.37. The molecule has 0 aliphatic heterocycles. The normalized spacial score (nSPS) is 10.1. The number of hydrogen-bond donors (Lipinski definition) is 2. The van der Waals surface area contributed by atoms with Gasteiger partial charge in [0.25, 0.3) is 0 Å². The molecule has 0 fully saturated rings. The van der Waals surface area contributed by atoms with Gasteiger partial charge in [-0.2, -0.15) is 0 Å². The molecule has 0 aromatic heterocycles. The van der Waals surface area contributed by atoms with E-state index in [0.717, 1.165) is 0 Å². The molecule has 0 aliphatic rings. The van der Waals surface area contributed by atoms with Crippen LogP contribution in [0.2, 0.25) is 10.0 Å². The number of rotatable bonds is 6. The molecule has 0 radical (unpaired) electrons. The predicted molar refractivity (Wildman–Crippen MR) is 69.8 cm³/mol. The summed E-state index contributed by atoms with van der Waals surface area (Å²) in [5.74, 6) is -0.127. The highest BCUT2D eigenvalue weighted by molar-refractivity contribution is 6.43. The molecule has 0 atom stereocenters. The molecule has 0 spiro atoms. The molecule has 0 aliphatic carbocycles. The molecule has 1 aromatic carbocycles. The number of benzene rings is 1. The minimum Gasteiger partial charge on any atom is -0.383 e. The van der Waals surface area contributed by atoms with E-state index in [1.807, 2.05) is 0 Å². The predicted octanol–water partition coefficient (Wildman–Crippen LogP) is 2.17. The van der Waals surface area contributed by atoms with Crippen molar-refractivity contribution in [3.8, 4) is 0 Å². The Morgan fingerprint density at radius 2 is 2.18 bits per heavy atom. The zero-order valence-electron chi connectivity index (χ0n) is 9.43. The van der Waals surface area contributed by atoms with Crippen molar-refractivity contribution < 1.29 is 9.53 Å². The number of nitrogens with one attached hydrogen (secondary N) is 2. The van der Waals surface area contributed by atoms with Gasteiger partial charge in [-0.05, 0) is 12.1 Å². The van der Waals surface area contributed by atoms with Crippen LogP contribution in [0.25, 0.3) is 0 Å². The molecule has 0 saturated carbocycles. The first-order valence-corrected chi connectivity index (χ1v) is 5.84. The molecule has 17 heavy (non-hydrogen) atoms. The summed E-state index contributed by atoms with van der Waals surface area (Å²) in [6, 6.07) is 5.21. The lowest BCUT2D eigenvalue weighted by Crippen LogP contribution is -2.32. The van der Waals surface area contributed by atoms with E-state index >= 15 is 0 Å². The molecule has 1 rings (SSSR count). The van der Waals surface area contributed by atoms with E-state index in [2.05, 4.69) is 10.6 Å². The summed E-state index contributed by atoms with van der Waals surface area (Å²) in [6.07, 6.45) is 0. The van der Waals surface area contributed by atoms with Crippen LogP contribution in [0, 0.1) is 0 Å². The van der Waals surface area contributed by atoms with Crippen LogP contribution in [0.1, 0.15) is 0 Å². The first kappa shape index (κ1) is 14.1. The Morgan fingerprint density at radius 1 is 1.41 bits per heavy atom. The monoisotopic (exact) mass is 276 g/mol. The molecule has 1 amide bonds. The standard InChI is InChI=1S/C11H14Cl2N2O2/c1-17-6-5-14-10(16)7-15-9-4-2-3-8(12)11(9)13/h2-4,15H,5-7H2,1H3,(H,14,16). The van der Waals surface area contributed by atoms with Gasteiger partial charge in [-0.1, -0.05) is 29.3 Å². The van der Waals surface area contributed by atoms with Crippen molar-refractivity contribution in [2.24, 2.45) is 0 Å². The van der Waals surface area contributed by atoms with Crippen molar-refractivity contribution in [1.29, 1.82) is 0 Å². The van der Waals surface area contributed by atoms with Gasteiger partial charge in [0.15, 0.2) is 0 Å². The van der Waals surface area contributed by atoms with E-state index in [1.165, 1.54) is 0 Å². The van der Waals surface area contributed by atoms with Crippen molar-refractivity contribution in [1.82, 2.24) is 5.32 Å². The number of hydrogen-bond acceptors (Lipinski definition) is 3. The number of methoxy groups -OCH3 is 1. The molecule has 0 saturated heterocycles. The van der Waals surface area contributed by atoms with E-state index < -0.39 is 0 Å². The smallest absolute Gasteiger partial charge is 0.239 e. The summed E-state index contributed by atoms with van der Waals surface area (Å²) in [5.41, 5.74) is 0.640. The maximum absolute atomic E-state index is 11.4. The average molecular weight is 277 g/mol. The molecular formula is C11H14Cl2N2O2. The summed E-state index contributed by atoms with van der Waals surface area (Å²) in [6.45, 7) is 1.12. The largest absolute Gasteiger partial charge is 0.383 e. The lowest BCUT2D eigenvalue weighted by molar-refractivity contribution is -0.119. The van der Waals surface area contributed by atoms with Crippen LogP contribution >= 0.6 is 23.2 Å². The fraction of sp³-hybridized carbons (Fsp3) is 0.364. The Balaban J connectivity index is 2.39. The van der Waals surface area contributed by atoms with Crippen LogP contribution in [0.15, 0.2) is 18.2 Å².